The van der Waals surface area contributed by atoms with E-state index in [0.29, 0.717) is 19.4 Å². The van der Waals surface area contributed by atoms with Gasteiger partial charge < -0.3 is 10.1 Å². The highest BCUT2D eigenvalue weighted by Crippen LogP contribution is 2.24. The Morgan fingerprint density at radius 2 is 2.33 bits per heavy atom. The van der Waals surface area contributed by atoms with Crippen molar-refractivity contribution in [1.29, 1.82) is 0 Å². The predicted octanol–water partition coefficient (Wildman–Crippen LogP) is 4.10. The highest BCUT2D eigenvalue weighted by molar-refractivity contribution is 7.98. The number of ether oxygens (including phenoxy) is 1. The molecule has 0 spiro atoms. The highest BCUT2D eigenvalue weighted by atomic mass is 32.2. The number of carbonyl (C=O) groups is 1. The van der Waals surface area contributed by atoms with Crippen molar-refractivity contribution in [3.05, 3.63) is 35.3 Å². The fraction of sp³-hybridized carbons (Fsp3) is 0.333. The quantitative estimate of drug-likeness (QED) is 0.614. The molecule has 1 N–H and O–H groups in total. The number of aryl methyl sites for hydroxylation is 1. The Balaban J connectivity index is 1.92. The van der Waals surface area contributed by atoms with Crippen LogP contribution >= 0.6 is 23.1 Å². The van der Waals surface area contributed by atoms with Crippen molar-refractivity contribution in [2.75, 3.05) is 18.2 Å². The number of carbonyl (C=O) groups excluding carboxylic acids is 1. The summed E-state index contributed by atoms with van der Waals surface area (Å²) in [4.78, 5) is 17.0. The summed E-state index contributed by atoms with van der Waals surface area (Å²) in [5, 5.41) is 6.10. The SMILES string of the molecule is CCOC(=O)CCc1csc(Nc2cccc(SC)c2)n1. The maximum atomic E-state index is 11.3. The number of hydrogen-bond donors (Lipinski definition) is 1. The van der Waals surface area contributed by atoms with Gasteiger partial charge in [0, 0.05) is 22.4 Å². The van der Waals surface area contributed by atoms with Crippen LogP contribution in [0.1, 0.15) is 19.0 Å². The van der Waals surface area contributed by atoms with Gasteiger partial charge in [-0.25, -0.2) is 4.98 Å². The average molecular weight is 322 g/mol. The van der Waals surface area contributed by atoms with Crippen molar-refractivity contribution in [1.82, 2.24) is 4.98 Å². The molecule has 112 valence electrons. The van der Waals surface area contributed by atoms with Gasteiger partial charge in [0.15, 0.2) is 5.13 Å². The van der Waals surface area contributed by atoms with E-state index in [9.17, 15) is 4.79 Å². The van der Waals surface area contributed by atoms with E-state index >= 15 is 0 Å². The van der Waals surface area contributed by atoms with Crippen LogP contribution in [0.15, 0.2) is 34.5 Å². The first kappa shape index (κ1) is 15.9. The minimum absolute atomic E-state index is 0.173. The Bertz CT molecular complexity index is 599. The van der Waals surface area contributed by atoms with Gasteiger partial charge in [-0.2, -0.15) is 0 Å². The number of aromatic nitrogens is 1. The van der Waals surface area contributed by atoms with Crippen molar-refractivity contribution in [2.24, 2.45) is 0 Å². The molecule has 0 fully saturated rings. The fourth-order valence-electron chi connectivity index (χ4n) is 1.77. The fourth-order valence-corrected chi connectivity index (χ4v) is 2.99. The summed E-state index contributed by atoms with van der Waals surface area (Å²) in [6, 6.07) is 8.19. The molecule has 0 unspecified atom stereocenters. The van der Waals surface area contributed by atoms with Crippen molar-refractivity contribution >= 4 is 39.9 Å². The first-order valence-electron chi connectivity index (χ1n) is 6.72. The summed E-state index contributed by atoms with van der Waals surface area (Å²) in [6.07, 6.45) is 3.04. The lowest BCUT2D eigenvalue weighted by molar-refractivity contribution is -0.143. The lowest BCUT2D eigenvalue weighted by Gasteiger charge is -2.04. The van der Waals surface area contributed by atoms with Crippen molar-refractivity contribution in [2.45, 2.75) is 24.7 Å². The largest absolute Gasteiger partial charge is 0.466 e. The summed E-state index contributed by atoms with van der Waals surface area (Å²) in [5.41, 5.74) is 1.93. The molecule has 0 aliphatic heterocycles. The van der Waals surface area contributed by atoms with Crippen LogP contribution in [0.3, 0.4) is 0 Å². The molecule has 2 rings (SSSR count). The van der Waals surface area contributed by atoms with E-state index in [0.717, 1.165) is 16.5 Å². The van der Waals surface area contributed by atoms with E-state index in [4.69, 9.17) is 4.74 Å². The second-order valence-electron chi connectivity index (χ2n) is 4.31. The summed E-state index contributed by atoms with van der Waals surface area (Å²) in [7, 11) is 0. The zero-order valence-electron chi connectivity index (χ0n) is 12.1. The van der Waals surface area contributed by atoms with Crippen LogP contribution in [0.2, 0.25) is 0 Å². The zero-order chi connectivity index (χ0) is 15.1. The van der Waals surface area contributed by atoms with E-state index in [-0.39, 0.29) is 5.97 Å². The van der Waals surface area contributed by atoms with Gasteiger partial charge in [0.25, 0.3) is 0 Å². The summed E-state index contributed by atoms with van der Waals surface area (Å²) >= 11 is 3.25. The van der Waals surface area contributed by atoms with E-state index < -0.39 is 0 Å². The Morgan fingerprint density at radius 3 is 3.10 bits per heavy atom. The molecular weight excluding hydrogens is 304 g/mol. The first-order chi connectivity index (χ1) is 10.2. The van der Waals surface area contributed by atoms with Gasteiger partial charge in [0.05, 0.1) is 18.7 Å². The Labute approximate surface area is 132 Å². The number of rotatable bonds is 7. The number of nitrogens with zero attached hydrogens (tertiary/aromatic N) is 1. The molecule has 0 atom stereocenters. The van der Waals surface area contributed by atoms with Gasteiger partial charge in [0.1, 0.15) is 0 Å². The molecule has 1 aromatic heterocycles. The van der Waals surface area contributed by atoms with Crippen LogP contribution in [-0.2, 0) is 16.0 Å². The van der Waals surface area contributed by atoms with Gasteiger partial charge in [-0.15, -0.1) is 23.1 Å². The normalized spacial score (nSPS) is 10.4. The molecule has 0 saturated carbocycles. The second-order valence-corrected chi connectivity index (χ2v) is 6.04. The Morgan fingerprint density at radius 1 is 1.48 bits per heavy atom. The standard InChI is InChI=1S/C15H18N2O2S2/c1-3-19-14(18)8-7-12-10-21-15(17-12)16-11-5-4-6-13(9-11)20-2/h4-6,9-10H,3,7-8H2,1-2H3,(H,16,17). The van der Waals surface area contributed by atoms with E-state index in [2.05, 4.69) is 28.7 Å². The zero-order valence-corrected chi connectivity index (χ0v) is 13.7. The van der Waals surface area contributed by atoms with Gasteiger partial charge in [-0.1, -0.05) is 6.07 Å². The van der Waals surface area contributed by atoms with E-state index in [1.54, 1.807) is 23.1 Å². The number of thiazole rings is 1. The lowest BCUT2D eigenvalue weighted by Crippen LogP contribution is -2.05. The third-order valence-corrected chi connectivity index (χ3v) is 4.30. The number of anilines is 2. The van der Waals surface area contributed by atoms with Crippen LogP contribution < -0.4 is 5.32 Å². The second kappa shape index (κ2) is 8.05. The molecule has 21 heavy (non-hydrogen) atoms. The lowest BCUT2D eigenvalue weighted by atomic mass is 10.2. The predicted molar refractivity (Wildman–Crippen MR) is 88.6 cm³/mol. The third kappa shape index (κ3) is 5.06. The maximum Gasteiger partial charge on any atom is 0.306 e. The van der Waals surface area contributed by atoms with Crippen LogP contribution in [0, 0.1) is 0 Å². The van der Waals surface area contributed by atoms with Crippen molar-refractivity contribution in [3.8, 4) is 0 Å². The topological polar surface area (TPSA) is 51.2 Å². The molecule has 0 radical (unpaired) electrons. The monoisotopic (exact) mass is 322 g/mol. The molecule has 2 aromatic rings. The van der Waals surface area contributed by atoms with E-state index in [1.165, 1.54) is 4.90 Å². The number of thioether (sulfide) groups is 1. The highest BCUT2D eigenvalue weighted by Gasteiger charge is 2.07. The van der Waals surface area contributed by atoms with Crippen LogP contribution in [0.25, 0.3) is 0 Å². The van der Waals surface area contributed by atoms with Crippen LogP contribution in [0.4, 0.5) is 10.8 Å². The summed E-state index contributed by atoms with van der Waals surface area (Å²) < 4.78 is 4.91. The number of hydrogen-bond acceptors (Lipinski definition) is 6. The molecule has 6 heteroatoms. The number of nitrogens with one attached hydrogen (secondary N) is 1. The number of esters is 1. The number of benzene rings is 1. The molecule has 4 nitrogen and oxygen atoms in total. The minimum atomic E-state index is -0.173. The van der Waals surface area contributed by atoms with Crippen LogP contribution in [-0.4, -0.2) is 23.8 Å². The van der Waals surface area contributed by atoms with Crippen molar-refractivity contribution in [3.63, 3.8) is 0 Å². The van der Waals surface area contributed by atoms with Crippen LogP contribution in [0.5, 0.6) is 0 Å². The molecule has 0 saturated heterocycles. The molecule has 0 aliphatic rings. The molecule has 0 amide bonds. The summed E-state index contributed by atoms with van der Waals surface area (Å²) in [5.74, 6) is -0.173. The third-order valence-electron chi connectivity index (χ3n) is 2.76. The maximum absolute atomic E-state index is 11.3. The Hall–Kier alpha value is -1.53. The summed E-state index contributed by atoms with van der Waals surface area (Å²) in [6.45, 7) is 2.24. The first-order valence-corrected chi connectivity index (χ1v) is 8.82. The minimum Gasteiger partial charge on any atom is -0.466 e. The Kier molecular flexibility index (Phi) is 6.07. The van der Waals surface area contributed by atoms with E-state index in [1.807, 2.05) is 24.4 Å². The molecule has 1 heterocycles. The molecule has 0 bridgehead atoms. The van der Waals surface area contributed by atoms with Gasteiger partial charge in [0.2, 0.25) is 0 Å². The van der Waals surface area contributed by atoms with Gasteiger partial charge >= 0.3 is 5.97 Å². The molecule has 1 aromatic carbocycles. The van der Waals surface area contributed by atoms with Gasteiger partial charge in [-0.3, -0.25) is 4.79 Å². The van der Waals surface area contributed by atoms with Gasteiger partial charge in [-0.05, 0) is 31.4 Å². The smallest absolute Gasteiger partial charge is 0.306 e. The molecule has 0 aliphatic carbocycles. The molecular formula is C15H18N2O2S2. The average Bonchev–Trinajstić information content (AvgIpc) is 2.93. The van der Waals surface area contributed by atoms with Crippen molar-refractivity contribution < 1.29 is 9.53 Å².